The second kappa shape index (κ2) is 6.45. The van der Waals surface area contributed by atoms with E-state index in [-0.39, 0.29) is 5.92 Å². The van der Waals surface area contributed by atoms with E-state index in [1.54, 1.807) is 0 Å². The van der Waals surface area contributed by atoms with Crippen LogP contribution >= 0.6 is 7.60 Å². The topological polar surface area (TPSA) is 133 Å². The molecular formula is C10H19N2O5P. The normalized spacial score (nSPS) is 20.7. The highest BCUT2D eigenvalue weighted by Crippen LogP contribution is 2.40. The number of nitrogens with two attached hydrogens (primary N) is 1. The molecule has 104 valence electrons. The molecule has 7 nitrogen and oxygen atoms in total. The summed E-state index contributed by atoms with van der Waals surface area (Å²) in [7, 11) is -4.21. The van der Waals surface area contributed by atoms with Crippen LogP contribution in [0.3, 0.4) is 0 Å². The molecule has 0 bridgehead atoms. The third-order valence-electron chi connectivity index (χ3n) is 2.93. The van der Waals surface area contributed by atoms with Gasteiger partial charge in [-0.15, -0.1) is 0 Å². The van der Waals surface area contributed by atoms with Crippen molar-refractivity contribution in [3.63, 3.8) is 0 Å². The largest absolute Gasteiger partial charge is 0.480 e. The Labute approximate surface area is 105 Å². The lowest BCUT2D eigenvalue weighted by Crippen LogP contribution is -2.32. The smallest absolute Gasteiger partial charge is 0.329 e. The number of carbonyl (C=O) groups is 1. The molecule has 18 heavy (non-hydrogen) atoms. The molecule has 1 heterocycles. The van der Waals surface area contributed by atoms with Crippen molar-refractivity contribution in [3.05, 3.63) is 11.6 Å². The Kier molecular flexibility index (Phi) is 5.49. The second-order valence-corrected chi connectivity index (χ2v) is 6.10. The summed E-state index contributed by atoms with van der Waals surface area (Å²) in [5.41, 5.74) is 5.86. The molecular weight excluding hydrogens is 259 g/mol. The number of aliphatic carboxylic acids is 1. The lowest BCUT2D eigenvalue weighted by Gasteiger charge is -2.26. The molecule has 0 aliphatic carbocycles. The van der Waals surface area contributed by atoms with Gasteiger partial charge in [-0.2, -0.15) is 0 Å². The molecule has 8 heteroatoms. The average molecular weight is 278 g/mol. The van der Waals surface area contributed by atoms with Gasteiger partial charge in [0.05, 0.1) is 6.16 Å². The van der Waals surface area contributed by atoms with Gasteiger partial charge in [0.1, 0.15) is 6.04 Å². The predicted molar refractivity (Wildman–Crippen MR) is 66.2 cm³/mol. The number of nitrogens with one attached hydrogen (secondary N) is 1. The summed E-state index contributed by atoms with van der Waals surface area (Å²) in [6.07, 6.45) is 2.33. The lowest BCUT2D eigenvalue weighted by molar-refractivity contribution is -0.137. The van der Waals surface area contributed by atoms with Gasteiger partial charge in [0.2, 0.25) is 0 Å². The first-order valence-corrected chi connectivity index (χ1v) is 7.53. The average Bonchev–Trinajstić information content (AvgIpc) is 2.27. The van der Waals surface area contributed by atoms with Crippen molar-refractivity contribution < 1.29 is 24.3 Å². The van der Waals surface area contributed by atoms with Crippen LogP contribution in [-0.2, 0) is 9.36 Å². The van der Waals surface area contributed by atoms with Crippen molar-refractivity contribution in [3.8, 4) is 0 Å². The van der Waals surface area contributed by atoms with E-state index in [0.717, 1.165) is 25.9 Å². The number of allylic oxidation sites excluding steroid dienone is 1. The Morgan fingerprint density at radius 3 is 2.44 bits per heavy atom. The standard InChI is InChI=1S/C10H19N2O5P/c11-9(10(13)14)5-8(6-18(15,16)17)7-1-3-12-4-2-7/h5,7,9,12H,1-4,6,11H2,(H,13,14)(H2,15,16,17). The highest BCUT2D eigenvalue weighted by atomic mass is 31.2. The van der Waals surface area contributed by atoms with Crippen LogP contribution in [0.2, 0.25) is 0 Å². The Morgan fingerprint density at radius 1 is 1.44 bits per heavy atom. The van der Waals surface area contributed by atoms with Crippen molar-refractivity contribution in [1.82, 2.24) is 5.32 Å². The van der Waals surface area contributed by atoms with Gasteiger partial charge >= 0.3 is 13.6 Å². The van der Waals surface area contributed by atoms with Gasteiger partial charge in [-0.05, 0) is 31.8 Å². The first-order chi connectivity index (χ1) is 8.29. The van der Waals surface area contributed by atoms with E-state index in [2.05, 4.69) is 5.32 Å². The van der Waals surface area contributed by atoms with Crippen LogP contribution < -0.4 is 11.1 Å². The fourth-order valence-corrected chi connectivity index (χ4v) is 2.89. The minimum atomic E-state index is -4.21. The molecule has 0 radical (unpaired) electrons. The van der Waals surface area contributed by atoms with Crippen LogP contribution in [0.4, 0.5) is 0 Å². The van der Waals surface area contributed by atoms with E-state index in [0.29, 0.717) is 5.57 Å². The molecule has 1 unspecified atom stereocenters. The molecule has 0 spiro atoms. The van der Waals surface area contributed by atoms with Crippen LogP contribution in [0.15, 0.2) is 11.6 Å². The van der Waals surface area contributed by atoms with Gasteiger partial charge in [-0.3, -0.25) is 9.36 Å². The number of rotatable bonds is 5. The van der Waals surface area contributed by atoms with Gasteiger partial charge in [0, 0.05) is 0 Å². The molecule has 0 aromatic heterocycles. The maximum Gasteiger partial charge on any atom is 0.329 e. The molecule has 1 fully saturated rings. The number of hydrogen-bond acceptors (Lipinski definition) is 4. The Bertz CT molecular complexity index is 372. The van der Waals surface area contributed by atoms with Gasteiger partial charge < -0.3 is 25.9 Å². The fourth-order valence-electron chi connectivity index (χ4n) is 2.05. The van der Waals surface area contributed by atoms with Gasteiger partial charge in [-0.1, -0.05) is 11.6 Å². The maximum atomic E-state index is 11.1. The number of carboxylic acids is 1. The summed E-state index contributed by atoms with van der Waals surface area (Å²) in [5, 5.41) is 11.9. The highest BCUT2D eigenvalue weighted by Gasteiger charge is 2.25. The SMILES string of the molecule is NC(C=C(CP(=O)(O)O)C1CCNCC1)C(=O)O. The summed E-state index contributed by atoms with van der Waals surface area (Å²) < 4.78 is 11.1. The molecule has 0 aromatic carbocycles. The minimum absolute atomic E-state index is 0.00993. The fraction of sp³-hybridized carbons (Fsp3) is 0.700. The molecule has 0 aromatic rings. The predicted octanol–water partition coefficient (Wildman–Crippen LogP) is -0.498. The van der Waals surface area contributed by atoms with E-state index in [9.17, 15) is 9.36 Å². The van der Waals surface area contributed by atoms with E-state index in [1.165, 1.54) is 6.08 Å². The zero-order chi connectivity index (χ0) is 13.8. The lowest BCUT2D eigenvalue weighted by atomic mass is 9.89. The molecule has 0 amide bonds. The van der Waals surface area contributed by atoms with Crippen LogP contribution in [0.5, 0.6) is 0 Å². The van der Waals surface area contributed by atoms with Crippen LogP contribution in [0, 0.1) is 5.92 Å². The van der Waals surface area contributed by atoms with Crippen molar-refractivity contribution in [2.45, 2.75) is 18.9 Å². The zero-order valence-corrected chi connectivity index (χ0v) is 10.8. The van der Waals surface area contributed by atoms with E-state index in [4.69, 9.17) is 20.6 Å². The monoisotopic (exact) mass is 278 g/mol. The Morgan fingerprint density at radius 2 is 2.00 bits per heavy atom. The van der Waals surface area contributed by atoms with Crippen molar-refractivity contribution in [2.24, 2.45) is 11.7 Å². The summed E-state index contributed by atoms with van der Waals surface area (Å²) in [6.45, 7) is 1.51. The first-order valence-electron chi connectivity index (χ1n) is 5.74. The third kappa shape index (κ3) is 5.29. The third-order valence-corrected chi connectivity index (χ3v) is 3.71. The van der Waals surface area contributed by atoms with Crippen molar-refractivity contribution >= 4 is 13.6 Å². The summed E-state index contributed by atoms with van der Waals surface area (Å²) >= 11 is 0. The second-order valence-electron chi connectivity index (χ2n) is 4.45. The van der Waals surface area contributed by atoms with Crippen molar-refractivity contribution in [1.29, 1.82) is 0 Å². The van der Waals surface area contributed by atoms with E-state index < -0.39 is 25.8 Å². The Balaban J connectivity index is 2.86. The molecule has 1 aliphatic rings. The summed E-state index contributed by atoms with van der Waals surface area (Å²) in [5.74, 6) is -1.21. The van der Waals surface area contributed by atoms with Crippen LogP contribution in [-0.4, -0.2) is 46.2 Å². The van der Waals surface area contributed by atoms with Gasteiger partial charge in [0.15, 0.2) is 0 Å². The van der Waals surface area contributed by atoms with E-state index >= 15 is 0 Å². The van der Waals surface area contributed by atoms with Crippen molar-refractivity contribution in [2.75, 3.05) is 19.3 Å². The summed E-state index contributed by atoms with van der Waals surface area (Å²) in [4.78, 5) is 28.8. The van der Waals surface area contributed by atoms with E-state index in [1.807, 2.05) is 0 Å². The number of piperidine rings is 1. The van der Waals surface area contributed by atoms with Gasteiger partial charge in [-0.25, -0.2) is 0 Å². The number of carboxylic acid groups (broad SMARTS) is 1. The quantitative estimate of drug-likeness (QED) is 0.338. The maximum absolute atomic E-state index is 11.1. The molecule has 1 rings (SSSR count). The Hall–Kier alpha value is -0.720. The molecule has 1 aliphatic heterocycles. The van der Waals surface area contributed by atoms with Gasteiger partial charge in [0.25, 0.3) is 0 Å². The molecule has 1 atom stereocenters. The first kappa shape index (κ1) is 15.3. The minimum Gasteiger partial charge on any atom is -0.480 e. The molecule has 0 saturated carbocycles. The number of hydrogen-bond donors (Lipinski definition) is 5. The molecule has 1 saturated heterocycles. The van der Waals surface area contributed by atoms with Crippen LogP contribution in [0.1, 0.15) is 12.8 Å². The molecule has 6 N–H and O–H groups in total. The van der Waals surface area contributed by atoms with Crippen LogP contribution in [0.25, 0.3) is 0 Å². The zero-order valence-electron chi connectivity index (χ0n) is 9.95. The highest BCUT2D eigenvalue weighted by molar-refractivity contribution is 7.52. The summed E-state index contributed by atoms with van der Waals surface area (Å²) in [6, 6.07) is -1.22.